The molecule has 1 amide bonds. The lowest BCUT2D eigenvalue weighted by Gasteiger charge is -2.16. The molecule has 0 bridgehead atoms. The van der Waals surface area contributed by atoms with Crippen molar-refractivity contribution >= 4 is 39.1 Å². The van der Waals surface area contributed by atoms with E-state index in [1.54, 1.807) is 19.1 Å². The number of anilines is 1. The van der Waals surface area contributed by atoms with E-state index in [-0.39, 0.29) is 11.7 Å². The summed E-state index contributed by atoms with van der Waals surface area (Å²) >= 11 is 9.12. The van der Waals surface area contributed by atoms with Crippen LogP contribution in [0.3, 0.4) is 0 Å². The number of carbonyl (C=O) groups excluding carboxylic acids is 1. The third-order valence-electron chi connectivity index (χ3n) is 3.02. The molecule has 0 heterocycles. The van der Waals surface area contributed by atoms with E-state index in [1.807, 2.05) is 13.0 Å². The molecule has 116 valence electrons. The van der Waals surface area contributed by atoms with Crippen LogP contribution in [0.15, 0.2) is 40.9 Å². The molecule has 6 heteroatoms. The van der Waals surface area contributed by atoms with Crippen LogP contribution < -0.4 is 10.1 Å². The molecule has 0 aliphatic carbocycles. The van der Waals surface area contributed by atoms with Gasteiger partial charge in [0.15, 0.2) is 6.10 Å². The van der Waals surface area contributed by atoms with E-state index in [9.17, 15) is 9.18 Å². The second-order valence-corrected chi connectivity index (χ2v) is 6.07. The maximum Gasteiger partial charge on any atom is 0.265 e. The summed E-state index contributed by atoms with van der Waals surface area (Å²) < 4.78 is 19.0. The van der Waals surface area contributed by atoms with Crippen LogP contribution in [0.25, 0.3) is 0 Å². The van der Waals surface area contributed by atoms with Crippen LogP contribution in [-0.4, -0.2) is 12.0 Å². The smallest absolute Gasteiger partial charge is 0.265 e. The van der Waals surface area contributed by atoms with Gasteiger partial charge in [-0.3, -0.25) is 4.79 Å². The van der Waals surface area contributed by atoms with Crippen molar-refractivity contribution in [2.75, 3.05) is 5.32 Å². The Bertz CT molecular complexity index is 709. The molecule has 0 aliphatic heterocycles. The third-order valence-corrected chi connectivity index (χ3v) is 3.88. The van der Waals surface area contributed by atoms with Gasteiger partial charge in [-0.2, -0.15) is 0 Å². The van der Waals surface area contributed by atoms with Crippen LogP contribution in [0.2, 0.25) is 5.02 Å². The highest BCUT2D eigenvalue weighted by Gasteiger charge is 2.17. The van der Waals surface area contributed by atoms with Crippen molar-refractivity contribution in [1.29, 1.82) is 0 Å². The standard InChI is InChI=1S/C16H14BrClFNO2/c1-9-3-4-11(18)7-14(9)20-16(21)10(2)22-15-6-5-12(19)8-13(15)17/h3-8,10H,1-2H3,(H,20,21)/t10-/m1/s1. The summed E-state index contributed by atoms with van der Waals surface area (Å²) in [6.45, 7) is 3.49. The van der Waals surface area contributed by atoms with Gasteiger partial charge in [-0.15, -0.1) is 0 Å². The molecule has 0 fully saturated rings. The van der Waals surface area contributed by atoms with E-state index in [0.717, 1.165) is 5.56 Å². The number of benzene rings is 2. The zero-order chi connectivity index (χ0) is 16.3. The first-order chi connectivity index (χ1) is 10.4. The molecule has 3 nitrogen and oxygen atoms in total. The lowest BCUT2D eigenvalue weighted by atomic mass is 10.2. The highest BCUT2D eigenvalue weighted by atomic mass is 79.9. The van der Waals surface area contributed by atoms with Gasteiger partial charge in [-0.1, -0.05) is 17.7 Å². The average molecular weight is 387 g/mol. The van der Waals surface area contributed by atoms with Crippen LogP contribution in [0.5, 0.6) is 5.75 Å². The van der Waals surface area contributed by atoms with Crippen molar-refractivity contribution in [2.24, 2.45) is 0 Å². The maximum absolute atomic E-state index is 13.0. The monoisotopic (exact) mass is 385 g/mol. The Kier molecular flexibility index (Phi) is 5.42. The topological polar surface area (TPSA) is 38.3 Å². The molecular formula is C16H14BrClFNO2. The van der Waals surface area contributed by atoms with Crippen LogP contribution in [0.1, 0.15) is 12.5 Å². The molecule has 0 radical (unpaired) electrons. The predicted octanol–water partition coefficient (Wildman–Crippen LogP) is 4.96. The van der Waals surface area contributed by atoms with Gasteiger partial charge in [-0.05, 0) is 65.7 Å². The van der Waals surface area contributed by atoms with Crippen LogP contribution in [-0.2, 0) is 4.79 Å². The number of hydrogen-bond donors (Lipinski definition) is 1. The molecule has 0 unspecified atom stereocenters. The number of halogens is 3. The third kappa shape index (κ3) is 4.21. The van der Waals surface area contributed by atoms with Gasteiger partial charge in [0.1, 0.15) is 11.6 Å². The number of rotatable bonds is 4. The Morgan fingerprint density at radius 2 is 2.05 bits per heavy atom. The summed E-state index contributed by atoms with van der Waals surface area (Å²) in [7, 11) is 0. The molecule has 0 spiro atoms. The molecule has 0 saturated heterocycles. The van der Waals surface area contributed by atoms with Gasteiger partial charge in [0.05, 0.1) is 4.47 Å². The van der Waals surface area contributed by atoms with E-state index in [0.29, 0.717) is 20.9 Å². The molecule has 2 aromatic carbocycles. The predicted molar refractivity (Wildman–Crippen MR) is 89.0 cm³/mol. The van der Waals surface area contributed by atoms with Gasteiger partial charge in [-0.25, -0.2) is 4.39 Å². The van der Waals surface area contributed by atoms with Gasteiger partial charge in [0, 0.05) is 10.7 Å². The van der Waals surface area contributed by atoms with E-state index >= 15 is 0 Å². The van der Waals surface area contributed by atoms with Crippen molar-refractivity contribution < 1.29 is 13.9 Å². The lowest BCUT2D eigenvalue weighted by Crippen LogP contribution is -2.30. The lowest BCUT2D eigenvalue weighted by molar-refractivity contribution is -0.122. The van der Waals surface area contributed by atoms with E-state index in [4.69, 9.17) is 16.3 Å². The quantitative estimate of drug-likeness (QED) is 0.807. The number of aryl methyl sites for hydroxylation is 1. The largest absolute Gasteiger partial charge is 0.480 e. The summed E-state index contributed by atoms with van der Waals surface area (Å²) in [5.41, 5.74) is 1.53. The molecule has 2 rings (SSSR count). The van der Waals surface area contributed by atoms with Gasteiger partial charge >= 0.3 is 0 Å². The maximum atomic E-state index is 13.0. The molecule has 1 atom stereocenters. The fourth-order valence-electron chi connectivity index (χ4n) is 1.78. The van der Waals surface area contributed by atoms with E-state index in [2.05, 4.69) is 21.2 Å². The number of hydrogen-bond acceptors (Lipinski definition) is 2. The van der Waals surface area contributed by atoms with Crippen molar-refractivity contribution in [3.8, 4) is 5.75 Å². The van der Waals surface area contributed by atoms with Gasteiger partial charge < -0.3 is 10.1 Å². The number of carbonyl (C=O) groups is 1. The Labute approximate surface area is 141 Å². The Hall–Kier alpha value is -1.59. The molecule has 1 N–H and O–H groups in total. The molecule has 0 aliphatic rings. The minimum absolute atomic E-state index is 0.318. The fourth-order valence-corrected chi connectivity index (χ4v) is 2.39. The molecule has 2 aromatic rings. The second kappa shape index (κ2) is 7.11. The Morgan fingerprint density at radius 3 is 2.73 bits per heavy atom. The second-order valence-electron chi connectivity index (χ2n) is 4.78. The summed E-state index contributed by atoms with van der Waals surface area (Å²) in [4.78, 5) is 12.2. The van der Waals surface area contributed by atoms with Crippen LogP contribution in [0.4, 0.5) is 10.1 Å². The number of ether oxygens (including phenoxy) is 1. The number of amides is 1. The Morgan fingerprint density at radius 1 is 1.32 bits per heavy atom. The van der Waals surface area contributed by atoms with Gasteiger partial charge in [0.25, 0.3) is 5.91 Å². The Balaban J connectivity index is 2.07. The van der Waals surface area contributed by atoms with E-state index in [1.165, 1.54) is 18.2 Å². The van der Waals surface area contributed by atoms with Gasteiger partial charge in [0.2, 0.25) is 0 Å². The molecule has 0 aromatic heterocycles. The first kappa shape index (κ1) is 16.8. The molecule has 22 heavy (non-hydrogen) atoms. The highest BCUT2D eigenvalue weighted by Crippen LogP contribution is 2.27. The van der Waals surface area contributed by atoms with E-state index < -0.39 is 6.10 Å². The van der Waals surface area contributed by atoms with Crippen LogP contribution in [0, 0.1) is 12.7 Å². The van der Waals surface area contributed by atoms with Crippen molar-refractivity contribution in [2.45, 2.75) is 20.0 Å². The molecular weight excluding hydrogens is 373 g/mol. The normalized spacial score (nSPS) is 11.9. The first-order valence-electron chi connectivity index (χ1n) is 6.55. The number of nitrogens with one attached hydrogen (secondary N) is 1. The molecule has 0 saturated carbocycles. The first-order valence-corrected chi connectivity index (χ1v) is 7.72. The zero-order valence-corrected chi connectivity index (χ0v) is 14.3. The average Bonchev–Trinajstić information content (AvgIpc) is 2.45. The van der Waals surface area contributed by atoms with Crippen molar-refractivity contribution in [3.05, 3.63) is 57.3 Å². The fraction of sp³-hybridized carbons (Fsp3) is 0.188. The minimum Gasteiger partial charge on any atom is -0.480 e. The van der Waals surface area contributed by atoms with Crippen LogP contribution >= 0.6 is 27.5 Å². The summed E-state index contributed by atoms with van der Waals surface area (Å²) in [6.07, 6.45) is -0.750. The summed E-state index contributed by atoms with van der Waals surface area (Å²) in [5.74, 6) is -0.306. The highest BCUT2D eigenvalue weighted by molar-refractivity contribution is 9.10. The zero-order valence-electron chi connectivity index (χ0n) is 12.0. The van der Waals surface area contributed by atoms with Crippen molar-refractivity contribution in [3.63, 3.8) is 0 Å². The summed E-state index contributed by atoms with van der Waals surface area (Å²) in [5, 5.41) is 3.30. The summed E-state index contributed by atoms with van der Waals surface area (Å²) in [6, 6.07) is 9.26. The van der Waals surface area contributed by atoms with Crippen molar-refractivity contribution in [1.82, 2.24) is 0 Å². The minimum atomic E-state index is -0.750. The SMILES string of the molecule is Cc1ccc(Cl)cc1NC(=O)[C@@H](C)Oc1ccc(F)cc1Br.